The number of hydrogen-bond donors (Lipinski definition) is 0. The van der Waals surface area contributed by atoms with Crippen molar-refractivity contribution < 1.29 is 4.79 Å². The van der Waals surface area contributed by atoms with Crippen molar-refractivity contribution in [3.63, 3.8) is 0 Å². The van der Waals surface area contributed by atoms with Crippen LogP contribution in [-0.2, 0) is 11.8 Å². The molecule has 3 heteroatoms. The second-order valence-electron chi connectivity index (χ2n) is 7.43. The van der Waals surface area contributed by atoms with Crippen LogP contribution in [0.3, 0.4) is 0 Å². The third-order valence-electron chi connectivity index (χ3n) is 4.28. The number of rotatable bonds is 2. The second-order valence-corrected chi connectivity index (χ2v) is 7.43. The monoisotopic (exact) mass is 288 g/mol. The molecule has 1 heterocycles. The smallest absolute Gasteiger partial charge is 0.319 e. The molecule has 1 aromatic carbocycles. The summed E-state index contributed by atoms with van der Waals surface area (Å²) in [6.45, 7) is 8.50. The lowest BCUT2D eigenvalue weighted by Gasteiger charge is -2.21. The minimum Gasteiger partial charge on any atom is -0.331 e. The van der Waals surface area contributed by atoms with Gasteiger partial charge in [-0.1, -0.05) is 45.0 Å². The minimum absolute atomic E-state index is 0.139. The molecule has 1 unspecified atom stereocenters. The van der Waals surface area contributed by atoms with E-state index in [-0.39, 0.29) is 11.4 Å². The number of amides is 2. The summed E-state index contributed by atoms with van der Waals surface area (Å²) < 4.78 is 0. The number of urea groups is 1. The molecule has 116 valence electrons. The lowest BCUT2D eigenvalue weighted by molar-refractivity contribution is 0.180. The highest BCUT2D eigenvalue weighted by Gasteiger charge is 2.27. The van der Waals surface area contributed by atoms with Gasteiger partial charge in [0.05, 0.1) is 0 Å². The highest BCUT2D eigenvalue weighted by molar-refractivity contribution is 5.74. The Kier molecular flexibility index (Phi) is 4.60. The van der Waals surface area contributed by atoms with Crippen LogP contribution in [0, 0.1) is 5.92 Å². The molecule has 0 bridgehead atoms. The second kappa shape index (κ2) is 6.08. The van der Waals surface area contributed by atoms with Crippen LogP contribution in [-0.4, -0.2) is 43.0 Å². The molecule has 3 nitrogen and oxygen atoms in total. The minimum atomic E-state index is 0.139. The third-order valence-corrected chi connectivity index (χ3v) is 4.28. The van der Waals surface area contributed by atoms with E-state index in [2.05, 4.69) is 45.0 Å². The molecule has 1 fully saturated rings. The largest absolute Gasteiger partial charge is 0.331 e. The summed E-state index contributed by atoms with van der Waals surface area (Å²) in [5.41, 5.74) is 2.97. The predicted octanol–water partition coefficient (Wildman–Crippen LogP) is 3.53. The summed E-state index contributed by atoms with van der Waals surface area (Å²) >= 11 is 0. The zero-order valence-electron chi connectivity index (χ0n) is 14.0. The van der Waals surface area contributed by atoms with Gasteiger partial charge in [-0.25, -0.2) is 4.79 Å². The Bertz CT molecular complexity index is 485. The summed E-state index contributed by atoms with van der Waals surface area (Å²) in [6.07, 6.45) is 2.18. The van der Waals surface area contributed by atoms with Crippen molar-refractivity contribution in [2.24, 2.45) is 5.92 Å². The molecular formula is C18H28N2O. The van der Waals surface area contributed by atoms with Gasteiger partial charge >= 0.3 is 6.03 Å². The number of benzene rings is 1. The first kappa shape index (κ1) is 15.9. The molecule has 0 saturated carbocycles. The number of hydrogen-bond acceptors (Lipinski definition) is 1. The number of likely N-dealkylation sites (tertiary alicyclic amines) is 1. The van der Waals surface area contributed by atoms with Crippen LogP contribution in [0.2, 0.25) is 0 Å². The van der Waals surface area contributed by atoms with Crippen LogP contribution in [0.5, 0.6) is 0 Å². The van der Waals surface area contributed by atoms with Crippen LogP contribution in [0.4, 0.5) is 4.79 Å². The molecule has 1 aliphatic rings. The molecular weight excluding hydrogens is 260 g/mol. The molecule has 2 amide bonds. The van der Waals surface area contributed by atoms with Gasteiger partial charge in [0.15, 0.2) is 0 Å². The Hall–Kier alpha value is -1.51. The van der Waals surface area contributed by atoms with Crippen LogP contribution < -0.4 is 0 Å². The van der Waals surface area contributed by atoms with Crippen molar-refractivity contribution in [1.82, 2.24) is 9.80 Å². The molecule has 0 spiro atoms. The van der Waals surface area contributed by atoms with Crippen molar-refractivity contribution in [3.8, 4) is 0 Å². The van der Waals surface area contributed by atoms with Gasteiger partial charge in [-0.2, -0.15) is 0 Å². The Labute approximate surface area is 128 Å². The summed E-state index contributed by atoms with van der Waals surface area (Å²) in [5.74, 6) is 0.592. The Morgan fingerprint density at radius 2 is 1.86 bits per heavy atom. The van der Waals surface area contributed by atoms with Crippen molar-refractivity contribution in [3.05, 3.63) is 35.4 Å². The molecule has 0 N–H and O–H groups in total. The molecule has 1 aromatic rings. The molecule has 1 atom stereocenters. The molecule has 21 heavy (non-hydrogen) atoms. The van der Waals surface area contributed by atoms with Crippen molar-refractivity contribution in [2.45, 2.75) is 39.0 Å². The zero-order valence-corrected chi connectivity index (χ0v) is 14.0. The van der Waals surface area contributed by atoms with E-state index in [1.165, 1.54) is 11.1 Å². The summed E-state index contributed by atoms with van der Waals surface area (Å²) in [7, 11) is 3.64. The standard InChI is InChI=1S/C18H28N2O/c1-18(2,3)16-8-6-14(7-9-16)12-15-10-11-20(13-15)17(21)19(4)5/h6-9,15H,10-13H2,1-5H3. The Balaban J connectivity index is 1.93. The van der Waals surface area contributed by atoms with E-state index in [1.807, 2.05) is 19.0 Å². The van der Waals surface area contributed by atoms with Crippen LogP contribution in [0.1, 0.15) is 38.3 Å². The van der Waals surface area contributed by atoms with Gasteiger partial charge in [0.2, 0.25) is 0 Å². The van der Waals surface area contributed by atoms with Crippen molar-refractivity contribution >= 4 is 6.03 Å². The van der Waals surface area contributed by atoms with E-state index in [4.69, 9.17) is 0 Å². The maximum atomic E-state index is 11.9. The number of nitrogens with zero attached hydrogens (tertiary/aromatic N) is 2. The van der Waals surface area contributed by atoms with E-state index in [0.717, 1.165) is 25.9 Å². The van der Waals surface area contributed by atoms with E-state index in [9.17, 15) is 4.79 Å². The molecule has 0 radical (unpaired) electrons. The van der Waals surface area contributed by atoms with Crippen LogP contribution >= 0.6 is 0 Å². The van der Waals surface area contributed by atoms with Gasteiger partial charge in [0.25, 0.3) is 0 Å². The van der Waals surface area contributed by atoms with Crippen LogP contribution in [0.15, 0.2) is 24.3 Å². The molecule has 0 aromatic heterocycles. The molecule has 2 rings (SSSR count). The van der Waals surface area contributed by atoms with E-state index >= 15 is 0 Å². The fraction of sp³-hybridized carbons (Fsp3) is 0.611. The predicted molar refractivity (Wildman–Crippen MR) is 87.6 cm³/mol. The lowest BCUT2D eigenvalue weighted by atomic mass is 9.86. The van der Waals surface area contributed by atoms with E-state index in [1.54, 1.807) is 4.90 Å². The topological polar surface area (TPSA) is 23.6 Å². The quantitative estimate of drug-likeness (QED) is 0.816. The first-order valence-corrected chi connectivity index (χ1v) is 7.83. The van der Waals surface area contributed by atoms with Crippen molar-refractivity contribution in [1.29, 1.82) is 0 Å². The zero-order chi connectivity index (χ0) is 15.6. The van der Waals surface area contributed by atoms with E-state index < -0.39 is 0 Å². The average Bonchev–Trinajstić information content (AvgIpc) is 2.85. The van der Waals surface area contributed by atoms with Gasteiger partial charge in [-0.05, 0) is 35.3 Å². The van der Waals surface area contributed by atoms with Gasteiger partial charge < -0.3 is 9.80 Å². The summed E-state index contributed by atoms with van der Waals surface area (Å²) in [5, 5.41) is 0. The molecule has 1 aliphatic heterocycles. The van der Waals surface area contributed by atoms with Gasteiger partial charge in [0.1, 0.15) is 0 Å². The molecule has 0 aliphatic carbocycles. The first-order chi connectivity index (χ1) is 9.77. The third kappa shape index (κ3) is 3.99. The van der Waals surface area contributed by atoms with Crippen molar-refractivity contribution in [2.75, 3.05) is 27.2 Å². The van der Waals surface area contributed by atoms with Gasteiger partial charge in [0, 0.05) is 27.2 Å². The summed E-state index contributed by atoms with van der Waals surface area (Å²) in [6, 6.07) is 9.12. The highest BCUT2D eigenvalue weighted by Crippen LogP contribution is 2.25. The van der Waals surface area contributed by atoms with Gasteiger partial charge in [-0.3, -0.25) is 0 Å². The maximum Gasteiger partial charge on any atom is 0.319 e. The average molecular weight is 288 g/mol. The number of carbonyl (C=O) groups excluding carboxylic acids is 1. The Morgan fingerprint density at radius 1 is 1.24 bits per heavy atom. The summed E-state index contributed by atoms with van der Waals surface area (Å²) in [4.78, 5) is 15.6. The van der Waals surface area contributed by atoms with Crippen LogP contribution in [0.25, 0.3) is 0 Å². The first-order valence-electron chi connectivity index (χ1n) is 7.83. The number of carbonyl (C=O) groups is 1. The van der Waals surface area contributed by atoms with Gasteiger partial charge in [-0.15, -0.1) is 0 Å². The SMILES string of the molecule is CN(C)C(=O)N1CCC(Cc2ccc(C(C)(C)C)cc2)C1. The highest BCUT2D eigenvalue weighted by atomic mass is 16.2. The maximum absolute atomic E-state index is 11.9. The fourth-order valence-corrected chi connectivity index (χ4v) is 2.93. The fourth-order valence-electron chi connectivity index (χ4n) is 2.93. The lowest BCUT2D eigenvalue weighted by Crippen LogP contribution is -2.37. The van der Waals surface area contributed by atoms with E-state index in [0.29, 0.717) is 5.92 Å². The molecule has 1 saturated heterocycles. The Morgan fingerprint density at radius 3 is 2.38 bits per heavy atom. The normalized spacial score (nSPS) is 18.9.